The molecule has 5 nitrogen and oxygen atoms in total. The van der Waals surface area contributed by atoms with Crippen molar-refractivity contribution in [3.63, 3.8) is 0 Å². The molecule has 0 bridgehead atoms. The zero-order valence-electron chi connectivity index (χ0n) is 15.1. The molecule has 142 valence electrons. The standard InChI is InChI=1S/C19H19F3N4O/c1-4-12(3)23-18(27)15-10-17-24-14(13-7-5-11(2)6-8-13)9-16(19(20,21)22)26(17)25-15/h5-10,12H,4H2,1-3H3,(H,23,27). The molecule has 27 heavy (non-hydrogen) atoms. The Bertz CT molecular complexity index is 977. The van der Waals surface area contributed by atoms with Gasteiger partial charge in [0, 0.05) is 17.7 Å². The minimum atomic E-state index is -4.64. The summed E-state index contributed by atoms with van der Waals surface area (Å²) in [4.78, 5) is 16.5. The van der Waals surface area contributed by atoms with Crippen molar-refractivity contribution < 1.29 is 18.0 Å². The van der Waals surface area contributed by atoms with E-state index in [9.17, 15) is 18.0 Å². The highest BCUT2D eigenvalue weighted by atomic mass is 19.4. The lowest BCUT2D eigenvalue weighted by atomic mass is 10.1. The summed E-state index contributed by atoms with van der Waals surface area (Å²) in [5.74, 6) is -0.528. The molecule has 1 N–H and O–H groups in total. The van der Waals surface area contributed by atoms with Crippen LogP contribution in [-0.4, -0.2) is 26.5 Å². The minimum Gasteiger partial charge on any atom is -0.348 e. The number of carbonyl (C=O) groups excluding carboxylic acids is 1. The van der Waals surface area contributed by atoms with Gasteiger partial charge in [-0.25, -0.2) is 9.50 Å². The number of aromatic nitrogens is 3. The lowest BCUT2D eigenvalue weighted by molar-refractivity contribution is -0.142. The monoisotopic (exact) mass is 376 g/mol. The van der Waals surface area contributed by atoms with Gasteiger partial charge in [-0.3, -0.25) is 4.79 Å². The fourth-order valence-corrected chi connectivity index (χ4v) is 2.56. The van der Waals surface area contributed by atoms with Crippen molar-refractivity contribution in [3.05, 3.63) is 53.3 Å². The van der Waals surface area contributed by atoms with Crippen LogP contribution in [0.25, 0.3) is 16.9 Å². The Balaban J connectivity index is 2.13. The molecule has 0 aliphatic rings. The van der Waals surface area contributed by atoms with Gasteiger partial charge < -0.3 is 5.32 Å². The molecule has 8 heteroatoms. The molecule has 0 aliphatic carbocycles. The zero-order chi connectivity index (χ0) is 19.8. The summed E-state index contributed by atoms with van der Waals surface area (Å²) in [7, 11) is 0. The number of nitrogens with one attached hydrogen (secondary N) is 1. The molecule has 0 saturated heterocycles. The molecule has 3 aromatic rings. The average Bonchev–Trinajstić information content (AvgIpc) is 3.04. The van der Waals surface area contributed by atoms with Crippen LogP contribution in [0, 0.1) is 6.92 Å². The third-order valence-corrected chi connectivity index (χ3v) is 4.29. The highest BCUT2D eigenvalue weighted by Crippen LogP contribution is 2.32. The molecule has 0 radical (unpaired) electrons. The van der Waals surface area contributed by atoms with Gasteiger partial charge in [0.1, 0.15) is 0 Å². The van der Waals surface area contributed by atoms with E-state index in [2.05, 4.69) is 15.4 Å². The molecule has 1 aromatic carbocycles. The number of nitrogens with zero attached hydrogens (tertiary/aromatic N) is 3. The van der Waals surface area contributed by atoms with Crippen molar-refractivity contribution in [2.45, 2.75) is 39.4 Å². The normalized spacial score (nSPS) is 13.0. The lowest BCUT2D eigenvalue weighted by Crippen LogP contribution is -2.32. The number of benzene rings is 1. The van der Waals surface area contributed by atoms with Gasteiger partial charge in [0.25, 0.3) is 5.91 Å². The van der Waals surface area contributed by atoms with E-state index in [1.807, 2.05) is 20.8 Å². The van der Waals surface area contributed by atoms with Crippen molar-refractivity contribution in [1.82, 2.24) is 19.9 Å². The molecule has 2 aromatic heterocycles. The zero-order valence-corrected chi connectivity index (χ0v) is 15.1. The third-order valence-electron chi connectivity index (χ3n) is 4.29. The highest BCUT2D eigenvalue weighted by Gasteiger charge is 2.35. The van der Waals surface area contributed by atoms with Crippen LogP contribution in [0.15, 0.2) is 36.4 Å². The van der Waals surface area contributed by atoms with Crippen LogP contribution >= 0.6 is 0 Å². The van der Waals surface area contributed by atoms with Crippen LogP contribution in [0.3, 0.4) is 0 Å². The number of fused-ring (bicyclic) bond motifs is 1. The second-order valence-electron chi connectivity index (χ2n) is 6.47. The lowest BCUT2D eigenvalue weighted by Gasteiger charge is -2.11. The van der Waals surface area contributed by atoms with Gasteiger partial charge in [0.2, 0.25) is 0 Å². The quantitative estimate of drug-likeness (QED) is 0.740. The number of rotatable bonds is 4. The molecular weight excluding hydrogens is 357 g/mol. The maximum absolute atomic E-state index is 13.6. The number of alkyl halides is 3. The summed E-state index contributed by atoms with van der Waals surface area (Å²) in [5.41, 5.74) is 0.600. The fraction of sp³-hybridized carbons (Fsp3) is 0.316. The van der Waals surface area contributed by atoms with E-state index < -0.39 is 17.8 Å². The number of carbonyl (C=O) groups is 1. The van der Waals surface area contributed by atoms with Crippen LogP contribution in [-0.2, 0) is 6.18 Å². The van der Waals surface area contributed by atoms with Gasteiger partial charge in [0.05, 0.1) is 5.69 Å². The van der Waals surface area contributed by atoms with Gasteiger partial charge in [-0.1, -0.05) is 36.8 Å². The summed E-state index contributed by atoms with van der Waals surface area (Å²) in [6.45, 7) is 5.59. The molecule has 0 spiro atoms. The third kappa shape index (κ3) is 3.94. The molecule has 1 amide bonds. The first-order valence-corrected chi connectivity index (χ1v) is 8.55. The molecule has 2 heterocycles. The summed E-state index contributed by atoms with van der Waals surface area (Å²) in [5, 5.41) is 6.53. The Morgan fingerprint density at radius 3 is 2.48 bits per heavy atom. The Morgan fingerprint density at radius 2 is 1.89 bits per heavy atom. The van der Waals surface area contributed by atoms with Gasteiger partial charge in [-0.15, -0.1) is 0 Å². The average molecular weight is 376 g/mol. The Hall–Kier alpha value is -2.90. The molecule has 1 unspecified atom stereocenters. The number of aryl methyl sites for hydroxylation is 1. The van der Waals surface area contributed by atoms with Crippen LogP contribution in [0.1, 0.15) is 42.0 Å². The number of hydrogen-bond donors (Lipinski definition) is 1. The molecule has 3 rings (SSSR count). The van der Waals surface area contributed by atoms with Crippen LogP contribution in [0.5, 0.6) is 0 Å². The molecular formula is C19H19F3N4O. The summed E-state index contributed by atoms with van der Waals surface area (Å²) in [6.07, 6.45) is -3.94. The van der Waals surface area contributed by atoms with Crippen molar-refractivity contribution in [2.75, 3.05) is 0 Å². The second-order valence-corrected chi connectivity index (χ2v) is 6.47. The largest absolute Gasteiger partial charge is 0.433 e. The van der Waals surface area contributed by atoms with E-state index in [4.69, 9.17) is 0 Å². The van der Waals surface area contributed by atoms with Gasteiger partial charge in [0.15, 0.2) is 17.0 Å². The van der Waals surface area contributed by atoms with Crippen LogP contribution < -0.4 is 5.32 Å². The van der Waals surface area contributed by atoms with E-state index >= 15 is 0 Å². The summed E-state index contributed by atoms with van der Waals surface area (Å²) >= 11 is 0. The molecule has 0 saturated carbocycles. The summed E-state index contributed by atoms with van der Waals surface area (Å²) in [6, 6.07) is 9.13. The van der Waals surface area contributed by atoms with Crippen molar-refractivity contribution in [3.8, 4) is 11.3 Å². The Morgan fingerprint density at radius 1 is 1.22 bits per heavy atom. The van der Waals surface area contributed by atoms with Crippen molar-refractivity contribution >= 4 is 11.6 Å². The first kappa shape index (κ1) is 18.9. The molecule has 1 atom stereocenters. The molecule has 0 fully saturated rings. The highest BCUT2D eigenvalue weighted by molar-refractivity contribution is 5.93. The van der Waals surface area contributed by atoms with Crippen molar-refractivity contribution in [1.29, 1.82) is 0 Å². The predicted octanol–water partition coefficient (Wildman–Crippen LogP) is 4.25. The van der Waals surface area contributed by atoms with Gasteiger partial charge in [-0.05, 0) is 26.3 Å². The number of hydrogen-bond acceptors (Lipinski definition) is 3. The minimum absolute atomic E-state index is 0.0327. The van der Waals surface area contributed by atoms with E-state index in [0.29, 0.717) is 16.5 Å². The Labute approximate surface area is 154 Å². The van der Waals surface area contributed by atoms with Crippen LogP contribution in [0.4, 0.5) is 13.2 Å². The molecule has 0 aliphatic heterocycles. The predicted molar refractivity (Wildman–Crippen MR) is 95.4 cm³/mol. The maximum atomic E-state index is 13.6. The topological polar surface area (TPSA) is 59.3 Å². The van der Waals surface area contributed by atoms with E-state index in [1.165, 1.54) is 6.07 Å². The van der Waals surface area contributed by atoms with Crippen LogP contribution in [0.2, 0.25) is 0 Å². The maximum Gasteiger partial charge on any atom is 0.433 e. The number of amides is 1. The van der Waals surface area contributed by atoms with E-state index in [-0.39, 0.29) is 23.1 Å². The van der Waals surface area contributed by atoms with E-state index in [0.717, 1.165) is 11.6 Å². The van der Waals surface area contributed by atoms with Gasteiger partial charge in [-0.2, -0.15) is 18.3 Å². The smallest absolute Gasteiger partial charge is 0.348 e. The SMILES string of the molecule is CCC(C)NC(=O)c1cc2nc(-c3ccc(C)cc3)cc(C(F)(F)F)n2n1. The van der Waals surface area contributed by atoms with Gasteiger partial charge >= 0.3 is 6.18 Å². The fourth-order valence-electron chi connectivity index (χ4n) is 2.56. The first-order valence-electron chi connectivity index (χ1n) is 8.55. The first-order chi connectivity index (χ1) is 12.7. The Kier molecular flexibility index (Phi) is 4.91. The van der Waals surface area contributed by atoms with Crippen molar-refractivity contribution in [2.24, 2.45) is 0 Å². The second kappa shape index (κ2) is 7.02. The summed E-state index contributed by atoms with van der Waals surface area (Å²) < 4.78 is 41.4. The van der Waals surface area contributed by atoms with E-state index in [1.54, 1.807) is 24.3 Å². The number of halogens is 3.